The van der Waals surface area contributed by atoms with Crippen LogP contribution in [0.4, 0.5) is 0 Å². The van der Waals surface area contributed by atoms with E-state index < -0.39 is 12.0 Å². The molecule has 0 bridgehead atoms. The lowest BCUT2D eigenvalue weighted by Gasteiger charge is -2.09. The van der Waals surface area contributed by atoms with Crippen molar-refractivity contribution >= 4 is 11.6 Å². The number of fused-ring (bicyclic) bond motifs is 1. The van der Waals surface area contributed by atoms with Crippen LogP contribution in [0.3, 0.4) is 0 Å². The first kappa shape index (κ1) is 17.0. The maximum atomic E-state index is 11.3. The number of nitrogens with two attached hydrogens (primary N) is 1. The number of aliphatic carboxylic acids is 1. The minimum Gasteiger partial charge on any atom is -0.480 e. The molecule has 2 heterocycles. The summed E-state index contributed by atoms with van der Waals surface area (Å²) in [5.41, 5.74) is 11.3. The highest BCUT2D eigenvalue weighted by Crippen LogP contribution is 2.28. The number of aromatic nitrogens is 2. The van der Waals surface area contributed by atoms with Crippen LogP contribution in [0.15, 0.2) is 79.0 Å². The summed E-state index contributed by atoms with van der Waals surface area (Å²) in [4.78, 5) is 16.0. The zero-order valence-electron chi connectivity index (χ0n) is 14.6. The summed E-state index contributed by atoms with van der Waals surface area (Å²) in [7, 11) is 0. The zero-order chi connectivity index (χ0) is 18.8. The van der Waals surface area contributed by atoms with Crippen molar-refractivity contribution in [2.24, 2.45) is 5.73 Å². The van der Waals surface area contributed by atoms with Crippen LogP contribution in [0, 0.1) is 0 Å². The Morgan fingerprint density at radius 1 is 0.926 bits per heavy atom. The van der Waals surface area contributed by atoms with Gasteiger partial charge in [0.05, 0.1) is 11.4 Å². The van der Waals surface area contributed by atoms with Crippen LogP contribution in [0.1, 0.15) is 5.69 Å². The van der Waals surface area contributed by atoms with Crippen molar-refractivity contribution in [3.05, 3.63) is 84.7 Å². The van der Waals surface area contributed by atoms with Crippen molar-refractivity contribution in [1.29, 1.82) is 0 Å². The number of nitrogens with zero attached hydrogens (tertiary/aromatic N) is 2. The van der Waals surface area contributed by atoms with Crippen LogP contribution in [0.25, 0.3) is 28.0 Å². The first-order valence-electron chi connectivity index (χ1n) is 8.73. The predicted molar refractivity (Wildman–Crippen MR) is 105 cm³/mol. The third-order valence-electron chi connectivity index (χ3n) is 4.62. The van der Waals surface area contributed by atoms with Gasteiger partial charge in [0.25, 0.3) is 0 Å². The average Bonchev–Trinajstić information content (AvgIpc) is 3.07. The predicted octanol–water partition coefficient (Wildman–Crippen LogP) is 3.62. The largest absolute Gasteiger partial charge is 0.480 e. The van der Waals surface area contributed by atoms with E-state index in [9.17, 15) is 9.90 Å². The standard InChI is InChI=1S/C22H19N3O2/c23-18(22(26)27)14-19-21(24-20-8-4-5-13-25(19)20)17-11-9-16(10-12-17)15-6-2-1-3-7-15/h1-13,18H,14,23H2,(H,26,27). The Labute approximate surface area is 156 Å². The quantitative estimate of drug-likeness (QED) is 0.572. The number of hydrogen-bond acceptors (Lipinski definition) is 3. The molecule has 3 N–H and O–H groups in total. The lowest BCUT2D eigenvalue weighted by molar-refractivity contribution is -0.138. The summed E-state index contributed by atoms with van der Waals surface area (Å²) in [5, 5.41) is 9.22. The molecule has 0 saturated carbocycles. The zero-order valence-corrected chi connectivity index (χ0v) is 14.6. The molecule has 0 aliphatic rings. The minimum atomic E-state index is -1.02. The smallest absolute Gasteiger partial charge is 0.320 e. The monoisotopic (exact) mass is 357 g/mol. The van der Waals surface area contributed by atoms with E-state index in [0.717, 1.165) is 33.7 Å². The molecular formula is C22H19N3O2. The van der Waals surface area contributed by atoms with Crippen molar-refractivity contribution in [1.82, 2.24) is 9.38 Å². The number of hydrogen-bond donors (Lipinski definition) is 2. The average molecular weight is 357 g/mol. The number of carbonyl (C=O) groups is 1. The molecule has 2 aromatic carbocycles. The van der Waals surface area contributed by atoms with Gasteiger partial charge in [-0.25, -0.2) is 4.98 Å². The van der Waals surface area contributed by atoms with E-state index >= 15 is 0 Å². The van der Waals surface area contributed by atoms with Crippen LogP contribution in [0.2, 0.25) is 0 Å². The first-order valence-corrected chi connectivity index (χ1v) is 8.73. The molecule has 0 aliphatic heterocycles. The van der Waals surface area contributed by atoms with Gasteiger partial charge in [-0.2, -0.15) is 0 Å². The normalized spacial score (nSPS) is 12.2. The van der Waals surface area contributed by atoms with Crippen molar-refractivity contribution in [2.75, 3.05) is 0 Å². The SMILES string of the molecule is NC(Cc1c(-c2ccc(-c3ccccc3)cc2)nc2ccccn12)C(=O)O. The number of pyridine rings is 1. The number of imidazole rings is 1. The molecule has 4 aromatic rings. The number of carboxylic acids is 1. The Kier molecular flexibility index (Phi) is 4.44. The highest BCUT2D eigenvalue weighted by Gasteiger charge is 2.20. The lowest BCUT2D eigenvalue weighted by atomic mass is 10.0. The van der Waals surface area contributed by atoms with E-state index in [4.69, 9.17) is 10.7 Å². The van der Waals surface area contributed by atoms with Crippen LogP contribution in [-0.2, 0) is 11.2 Å². The second-order valence-electron chi connectivity index (χ2n) is 6.43. The van der Waals surface area contributed by atoms with Gasteiger partial charge in [-0.1, -0.05) is 60.7 Å². The molecule has 0 aliphatic carbocycles. The van der Waals surface area contributed by atoms with Gasteiger partial charge >= 0.3 is 5.97 Å². The second-order valence-corrected chi connectivity index (χ2v) is 6.43. The van der Waals surface area contributed by atoms with Gasteiger partial charge in [0.15, 0.2) is 0 Å². The van der Waals surface area contributed by atoms with Crippen molar-refractivity contribution in [2.45, 2.75) is 12.5 Å². The van der Waals surface area contributed by atoms with Crippen LogP contribution < -0.4 is 5.73 Å². The molecule has 0 radical (unpaired) electrons. The Morgan fingerprint density at radius 2 is 1.56 bits per heavy atom. The summed E-state index contributed by atoms with van der Waals surface area (Å²) in [5.74, 6) is -1.02. The van der Waals surface area contributed by atoms with Gasteiger partial charge in [0, 0.05) is 18.2 Å². The number of rotatable bonds is 5. The maximum absolute atomic E-state index is 11.3. The Hall–Kier alpha value is -3.44. The molecule has 0 saturated heterocycles. The van der Waals surface area contributed by atoms with Crippen molar-refractivity contribution in [3.63, 3.8) is 0 Å². The van der Waals surface area contributed by atoms with E-state index in [2.05, 4.69) is 24.3 Å². The fourth-order valence-corrected chi connectivity index (χ4v) is 3.22. The fourth-order valence-electron chi connectivity index (χ4n) is 3.22. The minimum absolute atomic E-state index is 0.205. The molecule has 1 atom stereocenters. The highest BCUT2D eigenvalue weighted by atomic mass is 16.4. The van der Waals surface area contributed by atoms with E-state index in [1.807, 2.05) is 59.1 Å². The summed E-state index contributed by atoms with van der Waals surface area (Å²) >= 11 is 0. The third kappa shape index (κ3) is 3.32. The molecule has 1 unspecified atom stereocenters. The van der Waals surface area contributed by atoms with Crippen LogP contribution >= 0.6 is 0 Å². The van der Waals surface area contributed by atoms with Crippen LogP contribution in [0.5, 0.6) is 0 Å². The number of benzene rings is 2. The molecule has 2 aromatic heterocycles. The lowest BCUT2D eigenvalue weighted by Crippen LogP contribution is -2.32. The molecule has 27 heavy (non-hydrogen) atoms. The molecule has 4 rings (SSSR count). The van der Waals surface area contributed by atoms with Crippen molar-refractivity contribution < 1.29 is 9.90 Å². The molecule has 0 fully saturated rings. The Balaban J connectivity index is 1.78. The highest BCUT2D eigenvalue weighted by molar-refractivity contribution is 5.75. The van der Waals surface area contributed by atoms with E-state index in [1.165, 1.54) is 0 Å². The van der Waals surface area contributed by atoms with Gasteiger partial charge in [-0.3, -0.25) is 4.79 Å². The van der Waals surface area contributed by atoms with E-state index in [1.54, 1.807) is 0 Å². The molecule has 5 heteroatoms. The molecule has 134 valence electrons. The van der Waals surface area contributed by atoms with Gasteiger partial charge in [-0.05, 0) is 23.3 Å². The molecule has 5 nitrogen and oxygen atoms in total. The maximum Gasteiger partial charge on any atom is 0.320 e. The Morgan fingerprint density at radius 3 is 2.26 bits per heavy atom. The van der Waals surface area contributed by atoms with Crippen LogP contribution in [-0.4, -0.2) is 26.5 Å². The summed E-state index contributed by atoms with van der Waals surface area (Å²) in [6.07, 6.45) is 2.09. The first-order chi connectivity index (χ1) is 13.1. The second kappa shape index (κ2) is 7.05. The van der Waals surface area contributed by atoms with Gasteiger partial charge in [0.2, 0.25) is 0 Å². The van der Waals surface area contributed by atoms with Crippen molar-refractivity contribution in [3.8, 4) is 22.4 Å². The number of carboxylic acid groups (broad SMARTS) is 1. The molecule has 0 amide bonds. The van der Waals surface area contributed by atoms with Gasteiger partial charge in [0.1, 0.15) is 11.7 Å². The van der Waals surface area contributed by atoms with Gasteiger partial charge in [-0.15, -0.1) is 0 Å². The summed E-state index contributed by atoms with van der Waals surface area (Å²) in [6.45, 7) is 0. The van der Waals surface area contributed by atoms with E-state index in [-0.39, 0.29) is 6.42 Å². The van der Waals surface area contributed by atoms with E-state index in [0.29, 0.717) is 0 Å². The fraction of sp³-hybridized carbons (Fsp3) is 0.0909. The molecular weight excluding hydrogens is 338 g/mol. The third-order valence-corrected chi connectivity index (χ3v) is 4.62. The summed E-state index contributed by atoms with van der Waals surface area (Å²) < 4.78 is 1.91. The van der Waals surface area contributed by atoms with Gasteiger partial charge < -0.3 is 15.2 Å². The topological polar surface area (TPSA) is 80.6 Å². The summed E-state index contributed by atoms with van der Waals surface area (Å²) in [6, 6.07) is 23.0. The molecule has 0 spiro atoms. The Bertz CT molecular complexity index is 1090.